The summed E-state index contributed by atoms with van der Waals surface area (Å²) in [6.07, 6.45) is 4.14. The van der Waals surface area contributed by atoms with Crippen LogP contribution in [0.4, 0.5) is 0 Å². The summed E-state index contributed by atoms with van der Waals surface area (Å²) in [4.78, 5) is 0. The SMILES string of the molecule is O=S(=O)(CCCO)N1CC[CH]CC1. The van der Waals surface area contributed by atoms with E-state index in [4.69, 9.17) is 5.11 Å². The fourth-order valence-electron chi connectivity index (χ4n) is 1.38. The molecule has 0 bridgehead atoms. The van der Waals surface area contributed by atoms with Gasteiger partial charge in [0.15, 0.2) is 0 Å². The standard InChI is InChI=1S/C8H16NO3S/c10-7-4-8-13(11,12)9-5-2-1-3-6-9/h1,10H,2-8H2. The summed E-state index contributed by atoms with van der Waals surface area (Å²) in [5.41, 5.74) is 0. The van der Waals surface area contributed by atoms with Crippen LogP contribution in [-0.2, 0) is 10.0 Å². The van der Waals surface area contributed by atoms with Gasteiger partial charge in [-0.15, -0.1) is 0 Å². The van der Waals surface area contributed by atoms with Gasteiger partial charge in [0.05, 0.1) is 5.75 Å². The molecule has 1 aliphatic rings. The molecule has 1 N–H and O–H groups in total. The quantitative estimate of drug-likeness (QED) is 0.704. The zero-order valence-corrected chi connectivity index (χ0v) is 8.46. The monoisotopic (exact) mass is 206 g/mol. The molecule has 0 aromatic rings. The lowest BCUT2D eigenvalue weighted by Crippen LogP contribution is -2.37. The van der Waals surface area contributed by atoms with Gasteiger partial charge < -0.3 is 5.11 Å². The molecule has 1 rings (SSSR count). The molecule has 0 atom stereocenters. The van der Waals surface area contributed by atoms with Crippen molar-refractivity contribution in [2.45, 2.75) is 19.3 Å². The van der Waals surface area contributed by atoms with E-state index < -0.39 is 10.0 Å². The van der Waals surface area contributed by atoms with Crippen LogP contribution in [0.3, 0.4) is 0 Å². The van der Waals surface area contributed by atoms with E-state index in [1.54, 1.807) is 0 Å². The van der Waals surface area contributed by atoms with E-state index in [1.807, 2.05) is 0 Å². The molecule has 0 aromatic heterocycles. The van der Waals surface area contributed by atoms with Crippen molar-refractivity contribution in [2.24, 2.45) is 0 Å². The van der Waals surface area contributed by atoms with Crippen LogP contribution >= 0.6 is 0 Å². The van der Waals surface area contributed by atoms with E-state index in [0.717, 1.165) is 12.8 Å². The Kier molecular flexibility index (Phi) is 4.15. The molecule has 0 saturated carbocycles. The lowest BCUT2D eigenvalue weighted by Gasteiger charge is -2.25. The van der Waals surface area contributed by atoms with Crippen molar-refractivity contribution in [3.8, 4) is 0 Å². The number of aliphatic hydroxyl groups is 1. The number of nitrogens with zero attached hydrogens (tertiary/aromatic N) is 1. The molecule has 1 saturated heterocycles. The minimum atomic E-state index is -3.09. The Bertz CT molecular complexity index is 232. The number of hydrogen-bond donors (Lipinski definition) is 1. The van der Waals surface area contributed by atoms with E-state index in [1.165, 1.54) is 4.31 Å². The summed E-state index contributed by atoms with van der Waals surface area (Å²) in [5, 5.41) is 8.54. The fraction of sp³-hybridized carbons (Fsp3) is 0.875. The molecular formula is C8H16NO3S. The van der Waals surface area contributed by atoms with Gasteiger partial charge in [-0.05, 0) is 25.7 Å². The molecule has 13 heavy (non-hydrogen) atoms. The lowest BCUT2D eigenvalue weighted by molar-refractivity contribution is 0.293. The summed E-state index contributed by atoms with van der Waals surface area (Å²) in [6.45, 7) is 1.15. The van der Waals surface area contributed by atoms with Crippen LogP contribution in [-0.4, -0.2) is 43.3 Å². The molecule has 0 aromatic carbocycles. The zero-order valence-electron chi connectivity index (χ0n) is 7.65. The summed E-state index contributed by atoms with van der Waals surface area (Å²) in [7, 11) is -3.09. The van der Waals surface area contributed by atoms with E-state index in [2.05, 4.69) is 6.42 Å². The van der Waals surface area contributed by atoms with Gasteiger partial charge in [0.25, 0.3) is 0 Å². The molecule has 77 valence electrons. The second-order valence-electron chi connectivity index (χ2n) is 3.16. The number of piperidine rings is 1. The van der Waals surface area contributed by atoms with Crippen molar-refractivity contribution in [1.82, 2.24) is 4.31 Å². The molecule has 1 heterocycles. The number of aliphatic hydroxyl groups excluding tert-OH is 1. The van der Waals surface area contributed by atoms with Gasteiger partial charge in [-0.1, -0.05) is 0 Å². The van der Waals surface area contributed by atoms with Crippen molar-refractivity contribution in [3.63, 3.8) is 0 Å². The first kappa shape index (κ1) is 10.9. The summed E-state index contributed by atoms with van der Waals surface area (Å²) in [6, 6.07) is 0. The summed E-state index contributed by atoms with van der Waals surface area (Å²) in [5.74, 6) is 0.0729. The van der Waals surface area contributed by atoms with Crippen LogP contribution in [0, 0.1) is 6.42 Å². The zero-order chi connectivity index (χ0) is 9.73. The van der Waals surface area contributed by atoms with Crippen molar-refractivity contribution in [3.05, 3.63) is 6.42 Å². The van der Waals surface area contributed by atoms with Gasteiger partial charge in [-0.3, -0.25) is 0 Å². The van der Waals surface area contributed by atoms with Crippen LogP contribution in [0.15, 0.2) is 0 Å². The highest BCUT2D eigenvalue weighted by Gasteiger charge is 2.22. The molecule has 1 aliphatic heterocycles. The first-order chi connectivity index (χ1) is 6.17. The molecule has 5 heteroatoms. The summed E-state index contributed by atoms with van der Waals surface area (Å²) >= 11 is 0. The molecular weight excluding hydrogens is 190 g/mol. The maximum Gasteiger partial charge on any atom is 0.214 e. The molecule has 0 amide bonds. The van der Waals surface area contributed by atoms with E-state index >= 15 is 0 Å². The predicted octanol–water partition coefficient (Wildman–Crippen LogP) is -0.00131. The van der Waals surface area contributed by atoms with Gasteiger partial charge in [0.1, 0.15) is 0 Å². The Morgan fingerprint density at radius 3 is 2.46 bits per heavy atom. The van der Waals surface area contributed by atoms with Gasteiger partial charge in [0.2, 0.25) is 10.0 Å². The van der Waals surface area contributed by atoms with Gasteiger partial charge in [-0.2, -0.15) is 0 Å². The van der Waals surface area contributed by atoms with Crippen LogP contribution in [0.2, 0.25) is 0 Å². The topological polar surface area (TPSA) is 57.6 Å². The molecule has 1 radical (unpaired) electrons. The van der Waals surface area contributed by atoms with Crippen LogP contribution in [0.25, 0.3) is 0 Å². The highest BCUT2D eigenvalue weighted by atomic mass is 32.2. The molecule has 4 nitrogen and oxygen atoms in total. The number of rotatable bonds is 4. The fourth-order valence-corrected chi connectivity index (χ4v) is 2.90. The van der Waals surface area contributed by atoms with E-state index in [-0.39, 0.29) is 12.4 Å². The average Bonchev–Trinajstić information content (AvgIpc) is 2.16. The Labute approximate surface area is 79.6 Å². The van der Waals surface area contributed by atoms with Crippen molar-refractivity contribution < 1.29 is 13.5 Å². The van der Waals surface area contributed by atoms with E-state index in [0.29, 0.717) is 19.5 Å². The van der Waals surface area contributed by atoms with Crippen molar-refractivity contribution >= 4 is 10.0 Å². The number of hydrogen-bond acceptors (Lipinski definition) is 3. The maximum atomic E-state index is 11.5. The Morgan fingerprint density at radius 1 is 1.31 bits per heavy atom. The third-order valence-corrected chi connectivity index (χ3v) is 4.08. The Hall–Kier alpha value is -0.130. The molecule has 1 fully saturated rings. The van der Waals surface area contributed by atoms with Gasteiger partial charge in [0, 0.05) is 19.7 Å². The smallest absolute Gasteiger partial charge is 0.214 e. The molecule has 0 spiro atoms. The first-order valence-electron chi connectivity index (χ1n) is 4.57. The van der Waals surface area contributed by atoms with Crippen LogP contribution < -0.4 is 0 Å². The second kappa shape index (κ2) is 4.93. The molecule has 0 aliphatic carbocycles. The number of sulfonamides is 1. The Morgan fingerprint density at radius 2 is 1.92 bits per heavy atom. The third-order valence-electron chi connectivity index (χ3n) is 2.12. The average molecular weight is 206 g/mol. The van der Waals surface area contributed by atoms with Crippen LogP contribution in [0.1, 0.15) is 19.3 Å². The minimum absolute atomic E-state index is 0.0564. The third kappa shape index (κ3) is 3.25. The largest absolute Gasteiger partial charge is 0.396 e. The van der Waals surface area contributed by atoms with Crippen molar-refractivity contribution in [1.29, 1.82) is 0 Å². The molecule has 0 unspecified atom stereocenters. The van der Waals surface area contributed by atoms with Gasteiger partial charge >= 0.3 is 0 Å². The minimum Gasteiger partial charge on any atom is -0.396 e. The maximum absolute atomic E-state index is 11.5. The normalized spacial score (nSPS) is 20.4. The summed E-state index contributed by atoms with van der Waals surface area (Å²) < 4.78 is 24.6. The Balaban J connectivity index is 2.47. The van der Waals surface area contributed by atoms with Crippen LogP contribution in [0.5, 0.6) is 0 Å². The second-order valence-corrected chi connectivity index (χ2v) is 5.25. The van der Waals surface area contributed by atoms with Crippen molar-refractivity contribution in [2.75, 3.05) is 25.4 Å². The highest BCUT2D eigenvalue weighted by Crippen LogP contribution is 2.12. The lowest BCUT2D eigenvalue weighted by atomic mass is 10.2. The first-order valence-corrected chi connectivity index (χ1v) is 6.18. The predicted molar refractivity (Wildman–Crippen MR) is 50.6 cm³/mol. The highest BCUT2D eigenvalue weighted by molar-refractivity contribution is 7.89. The van der Waals surface area contributed by atoms with Gasteiger partial charge in [-0.25, -0.2) is 12.7 Å². The van der Waals surface area contributed by atoms with E-state index in [9.17, 15) is 8.42 Å².